The van der Waals surface area contributed by atoms with E-state index in [0.717, 1.165) is 0 Å². The van der Waals surface area contributed by atoms with Crippen LogP contribution in [0.15, 0.2) is 36.4 Å². The molecule has 0 saturated heterocycles. The summed E-state index contributed by atoms with van der Waals surface area (Å²) in [6.45, 7) is 0.414. The number of aromatic hydroxyl groups is 1. The zero-order valence-corrected chi connectivity index (χ0v) is 14.2. The minimum atomic E-state index is -0.490. The number of esters is 1. The van der Waals surface area contributed by atoms with Gasteiger partial charge in [-0.1, -0.05) is 46.9 Å². The van der Waals surface area contributed by atoms with Crippen molar-refractivity contribution in [3.05, 3.63) is 57.0 Å². The van der Waals surface area contributed by atoms with Gasteiger partial charge in [-0.15, -0.1) is 0 Å². The molecule has 0 unspecified atom stereocenters. The van der Waals surface area contributed by atoms with Crippen molar-refractivity contribution in [2.24, 2.45) is 0 Å². The molecule has 2 aromatic carbocycles. The molecule has 0 radical (unpaired) electrons. The first-order valence-corrected chi connectivity index (χ1v) is 7.85. The third-order valence-electron chi connectivity index (χ3n) is 2.85. The fraction of sp³-hybridized carbons (Fsp3) is 0.188. The average Bonchev–Trinajstić information content (AvgIpc) is 2.49. The fourth-order valence-corrected chi connectivity index (χ4v) is 2.58. The molecule has 0 fully saturated rings. The molecule has 0 aliphatic rings. The predicted octanol–water partition coefficient (Wildman–Crippen LogP) is 4.98. The van der Waals surface area contributed by atoms with E-state index >= 15 is 0 Å². The van der Waals surface area contributed by atoms with Crippen LogP contribution in [0.25, 0.3) is 0 Å². The summed E-state index contributed by atoms with van der Waals surface area (Å²) in [7, 11) is 0. The van der Waals surface area contributed by atoms with E-state index in [2.05, 4.69) is 0 Å². The Kier molecular flexibility index (Phi) is 6.39. The number of hydrogen-bond acceptors (Lipinski definition) is 4. The summed E-state index contributed by atoms with van der Waals surface area (Å²) in [6.07, 6.45) is 0.448. The molecule has 122 valence electrons. The monoisotopic (exact) mass is 374 g/mol. The van der Waals surface area contributed by atoms with Crippen molar-refractivity contribution in [1.29, 1.82) is 0 Å². The van der Waals surface area contributed by atoms with E-state index in [1.807, 2.05) is 0 Å². The largest absolute Gasteiger partial charge is 0.508 e. The maximum Gasteiger partial charge on any atom is 0.339 e. The predicted molar refractivity (Wildman–Crippen MR) is 90.0 cm³/mol. The number of hydrogen-bond donors (Lipinski definition) is 1. The van der Waals surface area contributed by atoms with Crippen LogP contribution in [0.4, 0.5) is 0 Å². The highest BCUT2D eigenvalue weighted by molar-refractivity contribution is 6.37. The number of rotatable bonds is 6. The smallest absolute Gasteiger partial charge is 0.339 e. The number of carbonyl (C=O) groups excluding carboxylic acids is 1. The van der Waals surface area contributed by atoms with Gasteiger partial charge in [0.25, 0.3) is 0 Å². The normalized spacial score (nSPS) is 10.4. The van der Waals surface area contributed by atoms with Gasteiger partial charge in [0.2, 0.25) is 0 Å². The van der Waals surface area contributed by atoms with Gasteiger partial charge in [-0.3, -0.25) is 0 Å². The Hall–Kier alpha value is -1.62. The lowest BCUT2D eigenvalue weighted by molar-refractivity contribution is 0.0486. The number of phenols is 1. The van der Waals surface area contributed by atoms with Crippen LogP contribution in [0.5, 0.6) is 11.5 Å². The lowest BCUT2D eigenvalue weighted by Gasteiger charge is -2.10. The second kappa shape index (κ2) is 8.29. The number of benzene rings is 2. The first kappa shape index (κ1) is 17.7. The van der Waals surface area contributed by atoms with Gasteiger partial charge in [0.05, 0.1) is 33.8 Å². The summed E-state index contributed by atoms with van der Waals surface area (Å²) >= 11 is 17.8. The summed E-state index contributed by atoms with van der Waals surface area (Å²) in [5, 5.41) is 10.1. The molecule has 7 heteroatoms. The van der Waals surface area contributed by atoms with Crippen LogP contribution >= 0.6 is 34.8 Å². The van der Waals surface area contributed by atoms with Crippen LogP contribution in [-0.4, -0.2) is 24.3 Å². The van der Waals surface area contributed by atoms with Crippen molar-refractivity contribution >= 4 is 40.8 Å². The fourth-order valence-electron chi connectivity index (χ4n) is 1.79. The summed E-state index contributed by atoms with van der Waals surface area (Å²) in [5.74, 6) is -0.249. The van der Waals surface area contributed by atoms with Crippen molar-refractivity contribution in [1.82, 2.24) is 0 Å². The van der Waals surface area contributed by atoms with Crippen LogP contribution < -0.4 is 4.74 Å². The number of ether oxygens (including phenoxy) is 2. The van der Waals surface area contributed by atoms with E-state index in [-0.39, 0.29) is 34.8 Å². The Morgan fingerprint density at radius 2 is 1.65 bits per heavy atom. The minimum Gasteiger partial charge on any atom is -0.508 e. The van der Waals surface area contributed by atoms with Crippen LogP contribution in [0.1, 0.15) is 16.8 Å². The van der Waals surface area contributed by atoms with Crippen LogP contribution in [0.2, 0.25) is 15.1 Å². The summed E-state index contributed by atoms with van der Waals surface area (Å²) < 4.78 is 10.6. The highest BCUT2D eigenvalue weighted by Gasteiger charge is 2.12. The molecule has 4 nitrogen and oxygen atoms in total. The van der Waals surface area contributed by atoms with E-state index in [1.54, 1.807) is 24.3 Å². The Balaban J connectivity index is 1.79. The number of carbonyl (C=O) groups is 1. The third kappa shape index (κ3) is 4.93. The van der Waals surface area contributed by atoms with E-state index in [0.29, 0.717) is 17.0 Å². The van der Waals surface area contributed by atoms with Gasteiger partial charge in [0.1, 0.15) is 5.75 Å². The van der Waals surface area contributed by atoms with E-state index in [9.17, 15) is 9.90 Å². The molecular weight excluding hydrogens is 363 g/mol. The topological polar surface area (TPSA) is 55.8 Å². The van der Waals surface area contributed by atoms with Crippen molar-refractivity contribution in [3.63, 3.8) is 0 Å². The molecular formula is C16H13Cl3O4. The number of phenolic OH excluding ortho intramolecular Hbond substituents is 1. The second-order valence-electron chi connectivity index (χ2n) is 4.56. The summed E-state index contributed by atoms with van der Waals surface area (Å²) in [5.41, 5.74) is 0.319. The molecule has 0 aliphatic carbocycles. The van der Waals surface area contributed by atoms with E-state index < -0.39 is 5.97 Å². The molecule has 0 atom stereocenters. The van der Waals surface area contributed by atoms with Gasteiger partial charge in [-0.2, -0.15) is 0 Å². The van der Waals surface area contributed by atoms with Crippen molar-refractivity contribution in [3.8, 4) is 11.5 Å². The van der Waals surface area contributed by atoms with E-state index in [4.69, 9.17) is 44.3 Å². The molecule has 0 bridgehead atoms. The van der Waals surface area contributed by atoms with E-state index in [1.165, 1.54) is 12.1 Å². The van der Waals surface area contributed by atoms with Gasteiger partial charge in [-0.25, -0.2) is 4.79 Å². The van der Waals surface area contributed by atoms with Gasteiger partial charge in [-0.05, 0) is 12.1 Å². The summed E-state index contributed by atoms with van der Waals surface area (Å²) in [6, 6.07) is 9.33. The Labute approximate surface area is 148 Å². The van der Waals surface area contributed by atoms with Crippen molar-refractivity contribution in [2.75, 3.05) is 13.2 Å². The average molecular weight is 376 g/mol. The highest BCUT2D eigenvalue weighted by atomic mass is 35.5. The first-order valence-electron chi connectivity index (χ1n) is 6.71. The number of halogens is 3. The molecule has 1 N–H and O–H groups in total. The maximum absolute atomic E-state index is 11.8. The molecule has 0 aromatic heterocycles. The third-order valence-corrected chi connectivity index (χ3v) is 3.74. The lowest BCUT2D eigenvalue weighted by atomic mass is 10.2. The SMILES string of the molecule is O=C(OCCCOc1c(Cl)cc(O)cc1Cl)c1ccccc1Cl. The summed E-state index contributed by atoms with van der Waals surface area (Å²) in [4.78, 5) is 11.8. The molecule has 0 aliphatic heterocycles. The zero-order chi connectivity index (χ0) is 16.8. The molecule has 0 spiro atoms. The van der Waals surface area contributed by atoms with Gasteiger partial charge in [0, 0.05) is 18.6 Å². The maximum atomic E-state index is 11.8. The van der Waals surface area contributed by atoms with Gasteiger partial charge >= 0.3 is 5.97 Å². The van der Waals surface area contributed by atoms with Crippen LogP contribution in [0.3, 0.4) is 0 Å². The quantitative estimate of drug-likeness (QED) is 0.571. The molecule has 23 heavy (non-hydrogen) atoms. The molecule has 2 rings (SSSR count). The Morgan fingerprint density at radius 3 is 2.30 bits per heavy atom. The second-order valence-corrected chi connectivity index (χ2v) is 5.78. The zero-order valence-electron chi connectivity index (χ0n) is 11.9. The molecule has 0 saturated carbocycles. The Bertz CT molecular complexity index is 680. The highest BCUT2D eigenvalue weighted by Crippen LogP contribution is 2.36. The lowest BCUT2D eigenvalue weighted by Crippen LogP contribution is -2.10. The standard InChI is InChI=1S/C16H13Cl3O4/c17-12-5-2-1-4-11(12)16(21)23-7-3-6-22-15-13(18)8-10(20)9-14(15)19/h1-2,4-5,8-9,20H,3,6-7H2. The van der Waals surface area contributed by atoms with Crippen molar-refractivity contribution in [2.45, 2.75) is 6.42 Å². The molecule has 2 aromatic rings. The van der Waals surface area contributed by atoms with Gasteiger partial charge in [0.15, 0.2) is 5.75 Å². The molecule has 0 amide bonds. The van der Waals surface area contributed by atoms with Crippen LogP contribution in [-0.2, 0) is 4.74 Å². The Morgan fingerprint density at radius 1 is 1.00 bits per heavy atom. The minimum absolute atomic E-state index is 0.0407. The van der Waals surface area contributed by atoms with Crippen molar-refractivity contribution < 1.29 is 19.4 Å². The first-order chi connectivity index (χ1) is 11.0. The molecule has 0 heterocycles. The van der Waals surface area contributed by atoms with Gasteiger partial charge < -0.3 is 14.6 Å². The van der Waals surface area contributed by atoms with Crippen LogP contribution in [0, 0.1) is 0 Å².